The van der Waals surface area contributed by atoms with Crippen molar-refractivity contribution in [2.45, 2.75) is 45.2 Å². The van der Waals surface area contributed by atoms with Gasteiger partial charge in [0.05, 0.1) is 20.6 Å². The normalized spacial score (nSPS) is 12.1. The number of amides is 2. The van der Waals surface area contributed by atoms with Gasteiger partial charge in [0, 0.05) is 13.1 Å². The molecule has 3 aromatic rings. The first-order chi connectivity index (χ1) is 17.9. The Balaban J connectivity index is 2.03. The summed E-state index contributed by atoms with van der Waals surface area (Å²) in [6.07, 6.45) is 0. The Kier molecular flexibility index (Phi) is 9.82. The number of carbonyl (C=O) groups excluding carboxylic acids is 2. The first kappa shape index (κ1) is 29.5. The smallest absolute Gasteiger partial charge is 0.264 e. The van der Waals surface area contributed by atoms with Crippen LogP contribution in [0.1, 0.15) is 30.5 Å². The lowest BCUT2D eigenvalue weighted by Gasteiger charge is -2.32. The third-order valence-electron chi connectivity index (χ3n) is 6.07. The predicted molar refractivity (Wildman–Crippen MR) is 152 cm³/mol. The van der Waals surface area contributed by atoms with E-state index in [0.29, 0.717) is 27.8 Å². The Bertz CT molecular complexity index is 1390. The van der Waals surface area contributed by atoms with Crippen LogP contribution in [0, 0.1) is 13.8 Å². The Morgan fingerprint density at radius 1 is 0.895 bits per heavy atom. The summed E-state index contributed by atoms with van der Waals surface area (Å²) < 4.78 is 28.6. The van der Waals surface area contributed by atoms with Gasteiger partial charge in [-0.15, -0.1) is 0 Å². The van der Waals surface area contributed by atoms with E-state index < -0.39 is 28.5 Å². The molecule has 0 fully saturated rings. The molecule has 0 heterocycles. The van der Waals surface area contributed by atoms with Crippen LogP contribution >= 0.6 is 23.2 Å². The van der Waals surface area contributed by atoms with E-state index in [2.05, 4.69) is 5.32 Å². The lowest BCUT2D eigenvalue weighted by molar-refractivity contribution is -0.139. The molecule has 1 atom stereocenters. The highest BCUT2D eigenvalue weighted by atomic mass is 35.5. The average molecular weight is 577 g/mol. The Labute approximate surface area is 234 Å². The topological polar surface area (TPSA) is 86.8 Å². The van der Waals surface area contributed by atoms with Crippen molar-refractivity contribution in [3.05, 3.63) is 93.5 Å². The standard InChI is InChI=1S/C28H31Cl2N3O4S/c1-5-31-28(35)21(4)32(17-22-10-15-25(29)26(30)16-22)27(34)18-33(23-11-6-19(2)7-12-23)38(36,37)24-13-8-20(3)9-14-24/h6-16,21H,5,17-18H2,1-4H3,(H,31,35)/t21-/m0/s1. The van der Waals surface area contributed by atoms with E-state index in [9.17, 15) is 18.0 Å². The minimum absolute atomic E-state index is 0.0281. The van der Waals surface area contributed by atoms with Gasteiger partial charge in [0.15, 0.2) is 0 Å². The molecule has 3 rings (SSSR count). The number of sulfonamides is 1. The van der Waals surface area contributed by atoms with Crippen LogP contribution in [0.25, 0.3) is 0 Å². The van der Waals surface area contributed by atoms with Crippen molar-refractivity contribution in [3.8, 4) is 0 Å². The molecule has 38 heavy (non-hydrogen) atoms. The Hall–Kier alpha value is -3.07. The molecule has 0 saturated heterocycles. The molecule has 7 nitrogen and oxygen atoms in total. The van der Waals surface area contributed by atoms with Crippen LogP contribution in [0.5, 0.6) is 0 Å². The molecular weight excluding hydrogens is 545 g/mol. The number of rotatable bonds is 10. The van der Waals surface area contributed by atoms with Crippen LogP contribution in [0.15, 0.2) is 71.6 Å². The predicted octanol–water partition coefficient (Wildman–Crippen LogP) is 5.36. The highest BCUT2D eigenvalue weighted by Crippen LogP contribution is 2.26. The Morgan fingerprint density at radius 3 is 2.03 bits per heavy atom. The van der Waals surface area contributed by atoms with Gasteiger partial charge in [-0.1, -0.05) is 64.7 Å². The molecule has 0 radical (unpaired) electrons. The van der Waals surface area contributed by atoms with Crippen LogP contribution in [0.4, 0.5) is 5.69 Å². The van der Waals surface area contributed by atoms with Crippen LogP contribution in [0.2, 0.25) is 10.0 Å². The van der Waals surface area contributed by atoms with E-state index in [1.807, 2.05) is 13.8 Å². The van der Waals surface area contributed by atoms with Crippen LogP contribution in [0.3, 0.4) is 0 Å². The molecule has 2 amide bonds. The third kappa shape index (κ3) is 7.07. The molecule has 0 aliphatic heterocycles. The number of nitrogens with zero attached hydrogens (tertiary/aromatic N) is 2. The van der Waals surface area contributed by atoms with Gasteiger partial charge in [0.25, 0.3) is 10.0 Å². The van der Waals surface area contributed by atoms with Gasteiger partial charge in [-0.05, 0) is 69.7 Å². The molecule has 0 bridgehead atoms. The molecule has 0 aromatic heterocycles. The maximum Gasteiger partial charge on any atom is 0.264 e. The van der Waals surface area contributed by atoms with Gasteiger partial charge in [-0.25, -0.2) is 8.42 Å². The lowest BCUT2D eigenvalue weighted by atomic mass is 10.1. The number of hydrogen-bond donors (Lipinski definition) is 1. The quantitative estimate of drug-likeness (QED) is 0.352. The number of halogens is 2. The fraction of sp³-hybridized carbons (Fsp3) is 0.286. The number of hydrogen-bond acceptors (Lipinski definition) is 4. The summed E-state index contributed by atoms with van der Waals surface area (Å²) in [6.45, 7) is 7.04. The molecule has 10 heteroatoms. The summed E-state index contributed by atoms with van der Waals surface area (Å²) in [5.74, 6) is -0.907. The SMILES string of the molecule is CCNC(=O)[C@H](C)N(Cc1ccc(Cl)c(Cl)c1)C(=O)CN(c1ccc(C)cc1)S(=O)(=O)c1ccc(C)cc1. The summed E-state index contributed by atoms with van der Waals surface area (Å²) in [5.41, 5.74) is 2.83. The van der Waals surface area contributed by atoms with Gasteiger partial charge in [-0.2, -0.15) is 0 Å². The molecule has 0 saturated carbocycles. The van der Waals surface area contributed by atoms with E-state index in [0.717, 1.165) is 15.4 Å². The maximum atomic E-state index is 13.8. The van der Waals surface area contributed by atoms with Crippen molar-refractivity contribution in [2.75, 3.05) is 17.4 Å². The van der Waals surface area contributed by atoms with Crippen molar-refractivity contribution in [3.63, 3.8) is 0 Å². The van der Waals surface area contributed by atoms with E-state index >= 15 is 0 Å². The fourth-order valence-electron chi connectivity index (χ4n) is 3.82. The number of anilines is 1. The summed E-state index contributed by atoms with van der Waals surface area (Å²) in [6, 6.07) is 17.4. The van der Waals surface area contributed by atoms with Crippen LogP contribution < -0.4 is 9.62 Å². The molecule has 202 valence electrons. The Morgan fingerprint density at radius 2 is 1.47 bits per heavy atom. The highest BCUT2D eigenvalue weighted by molar-refractivity contribution is 7.92. The monoisotopic (exact) mass is 575 g/mol. The molecule has 0 unspecified atom stereocenters. The third-order valence-corrected chi connectivity index (χ3v) is 8.59. The second-order valence-corrected chi connectivity index (χ2v) is 11.7. The zero-order valence-corrected chi connectivity index (χ0v) is 24.1. The van der Waals surface area contributed by atoms with Gasteiger partial charge in [0.1, 0.15) is 12.6 Å². The highest BCUT2D eigenvalue weighted by Gasteiger charge is 2.32. The van der Waals surface area contributed by atoms with Gasteiger partial charge in [-0.3, -0.25) is 13.9 Å². The second-order valence-electron chi connectivity index (χ2n) is 9.00. The zero-order valence-electron chi connectivity index (χ0n) is 21.7. The molecule has 0 aliphatic carbocycles. The average Bonchev–Trinajstić information content (AvgIpc) is 2.88. The minimum Gasteiger partial charge on any atom is -0.355 e. The molecular formula is C28H31Cl2N3O4S. The lowest BCUT2D eigenvalue weighted by Crippen LogP contribution is -2.51. The number of likely N-dealkylation sites (N-methyl/N-ethyl adjacent to an activating group) is 1. The number of benzene rings is 3. The first-order valence-corrected chi connectivity index (χ1v) is 14.3. The first-order valence-electron chi connectivity index (χ1n) is 12.1. The van der Waals surface area contributed by atoms with Crippen LogP contribution in [-0.4, -0.2) is 44.3 Å². The number of nitrogens with one attached hydrogen (secondary N) is 1. The van der Waals surface area contributed by atoms with E-state index in [-0.39, 0.29) is 17.3 Å². The van der Waals surface area contributed by atoms with Crippen molar-refractivity contribution in [1.29, 1.82) is 0 Å². The largest absolute Gasteiger partial charge is 0.355 e. The van der Waals surface area contributed by atoms with Crippen molar-refractivity contribution in [2.24, 2.45) is 0 Å². The molecule has 0 spiro atoms. The number of aryl methyl sites for hydroxylation is 2. The van der Waals surface area contributed by atoms with E-state index in [1.165, 1.54) is 17.0 Å². The van der Waals surface area contributed by atoms with Crippen molar-refractivity contribution >= 4 is 50.7 Å². The van der Waals surface area contributed by atoms with E-state index in [4.69, 9.17) is 23.2 Å². The summed E-state index contributed by atoms with van der Waals surface area (Å²) >= 11 is 12.2. The van der Waals surface area contributed by atoms with Gasteiger partial charge >= 0.3 is 0 Å². The maximum absolute atomic E-state index is 13.8. The minimum atomic E-state index is -4.11. The summed E-state index contributed by atoms with van der Waals surface area (Å²) in [7, 11) is -4.11. The summed E-state index contributed by atoms with van der Waals surface area (Å²) in [5, 5.41) is 3.40. The van der Waals surface area contributed by atoms with E-state index in [1.54, 1.807) is 68.4 Å². The van der Waals surface area contributed by atoms with Crippen molar-refractivity contribution in [1.82, 2.24) is 10.2 Å². The molecule has 0 aliphatic rings. The van der Waals surface area contributed by atoms with Gasteiger partial charge in [0.2, 0.25) is 11.8 Å². The molecule has 1 N–H and O–H groups in total. The fourth-order valence-corrected chi connectivity index (χ4v) is 5.55. The van der Waals surface area contributed by atoms with Gasteiger partial charge < -0.3 is 10.2 Å². The molecule has 3 aromatic carbocycles. The van der Waals surface area contributed by atoms with Crippen LogP contribution in [-0.2, 0) is 26.2 Å². The summed E-state index contributed by atoms with van der Waals surface area (Å²) in [4.78, 5) is 28.0. The second kappa shape index (κ2) is 12.7. The van der Waals surface area contributed by atoms with Crippen molar-refractivity contribution < 1.29 is 18.0 Å². The number of carbonyl (C=O) groups is 2. The zero-order chi connectivity index (χ0) is 28.0.